The number of amides is 1. The van der Waals surface area contributed by atoms with Gasteiger partial charge in [0.2, 0.25) is 0 Å². The molecule has 0 aliphatic heterocycles. The van der Waals surface area contributed by atoms with Crippen LogP contribution < -0.4 is 10.6 Å². The Morgan fingerprint density at radius 3 is 2.00 bits per heavy atom. The summed E-state index contributed by atoms with van der Waals surface area (Å²) in [5.41, 5.74) is 3.64. The van der Waals surface area contributed by atoms with Crippen molar-refractivity contribution in [2.45, 2.75) is 69.3 Å². The van der Waals surface area contributed by atoms with Crippen LogP contribution in [0.25, 0.3) is 0 Å². The molecule has 3 aromatic carbocycles. The maximum Gasteiger partial charge on any atom is 0.252 e. The van der Waals surface area contributed by atoms with Gasteiger partial charge in [-0.05, 0) is 54.6 Å². The standard InChI is InChI=1S/C38H47N3O2/c42-36(33-20-11-7-12-21-33)38(35-23-13-8-14-24-35,30-32-18-9-6-10-19-32)25-15-4-2-1-3-5-16-26-39-28-29-41-37(43)34-22-17-27-40-31-34/h6-14,17-24,27,31,36,39,42H,1-5,15-16,25-26,28-30H2,(H,41,43)/t36-,38?/m0/s1. The van der Waals surface area contributed by atoms with Gasteiger partial charge in [0.15, 0.2) is 0 Å². The maximum atomic E-state index is 12.0. The molecule has 1 aromatic heterocycles. The maximum absolute atomic E-state index is 12.0. The lowest BCUT2D eigenvalue weighted by atomic mass is 9.66. The number of hydrogen-bond acceptors (Lipinski definition) is 4. The van der Waals surface area contributed by atoms with Gasteiger partial charge in [0.1, 0.15) is 0 Å². The molecule has 0 aliphatic carbocycles. The highest BCUT2D eigenvalue weighted by atomic mass is 16.3. The van der Waals surface area contributed by atoms with E-state index in [-0.39, 0.29) is 5.91 Å². The third-order valence-electron chi connectivity index (χ3n) is 8.34. The van der Waals surface area contributed by atoms with E-state index < -0.39 is 11.5 Å². The van der Waals surface area contributed by atoms with Crippen LogP contribution >= 0.6 is 0 Å². The highest BCUT2D eigenvalue weighted by Crippen LogP contribution is 2.44. The third-order valence-corrected chi connectivity index (χ3v) is 8.34. The zero-order chi connectivity index (χ0) is 30.0. The minimum atomic E-state index is -0.590. The van der Waals surface area contributed by atoms with Crippen LogP contribution in [0.4, 0.5) is 0 Å². The molecule has 4 rings (SSSR count). The second-order valence-corrected chi connectivity index (χ2v) is 11.5. The number of rotatable bonds is 19. The van der Waals surface area contributed by atoms with Crippen LogP contribution in [-0.2, 0) is 11.8 Å². The van der Waals surface area contributed by atoms with Gasteiger partial charge < -0.3 is 15.7 Å². The van der Waals surface area contributed by atoms with E-state index in [2.05, 4.69) is 88.4 Å². The third kappa shape index (κ3) is 10.2. The Labute approximate surface area is 257 Å². The minimum absolute atomic E-state index is 0.0782. The van der Waals surface area contributed by atoms with Gasteiger partial charge >= 0.3 is 0 Å². The molecule has 0 fully saturated rings. The molecule has 1 heterocycles. The molecule has 5 heteroatoms. The summed E-state index contributed by atoms with van der Waals surface area (Å²) in [7, 11) is 0. The number of carbonyl (C=O) groups excluding carboxylic acids is 1. The number of unbranched alkanes of at least 4 members (excludes halogenated alkanes) is 6. The minimum Gasteiger partial charge on any atom is -0.387 e. The molecule has 0 aliphatic rings. The van der Waals surface area contributed by atoms with Crippen LogP contribution in [0.15, 0.2) is 116 Å². The smallest absolute Gasteiger partial charge is 0.252 e. The van der Waals surface area contributed by atoms with Crippen LogP contribution in [0.2, 0.25) is 0 Å². The summed E-state index contributed by atoms with van der Waals surface area (Å²) in [4.78, 5) is 16.0. The first-order valence-electron chi connectivity index (χ1n) is 15.9. The quantitative estimate of drug-likeness (QED) is 0.101. The van der Waals surface area contributed by atoms with E-state index in [1.165, 1.54) is 43.2 Å². The normalized spacial score (nSPS) is 13.2. The molecular weight excluding hydrogens is 530 g/mol. The first-order valence-corrected chi connectivity index (χ1v) is 15.9. The van der Waals surface area contributed by atoms with Gasteiger partial charge in [-0.1, -0.05) is 130 Å². The molecule has 226 valence electrons. The molecule has 0 saturated carbocycles. The Hall–Kier alpha value is -3.80. The molecule has 3 N–H and O–H groups in total. The Morgan fingerprint density at radius 2 is 1.33 bits per heavy atom. The van der Waals surface area contributed by atoms with Gasteiger partial charge in [-0.15, -0.1) is 0 Å². The van der Waals surface area contributed by atoms with Crippen molar-refractivity contribution in [2.75, 3.05) is 19.6 Å². The van der Waals surface area contributed by atoms with Crippen molar-refractivity contribution in [2.24, 2.45) is 0 Å². The van der Waals surface area contributed by atoms with Gasteiger partial charge in [0.05, 0.1) is 11.7 Å². The number of aromatic nitrogens is 1. The summed E-state index contributed by atoms with van der Waals surface area (Å²) in [6.07, 6.45) is 12.7. The van der Waals surface area contributed by atoms with Crippen molar-refractivity contribution in [3.8, 4) is 0 Å². The number of pyridine rings is 1. The molecule has 0 saturated heterocycles. The summed E-state index contributed by atoms with van der Waals surface area (Å²) < 4.78 is 0. The fourth-order valence-corrected chi connectivity index (χ4v) is 5.97. The van der Waals surface area contributed by atoms with E-state index in [4.69, 9.17) is 0 Å². The molecule has 0 spiro atoms. The number of carbonyl (C=O) groups is 1. The molecule has 0 radical (unpaired) electrons. The highest BCUT2D eigenvalue weighted by Gasteiger charge is 2.40. The summed E-state index contributed by atoms with van der Waals surface area (Å²) in [5.74, 6) is -0.0782. The van der Waals surface area contributed by atoms with Crippen LogP contribution in [0.3, 0.4) is 0 Å². The SMILES string of the molecule is O=C(NCCNCCCCCCCCCC(Cc1ccccc1)(c1ccccc1)[C@@H](O)c1ccccc1)c1cccnc1. The fraction of sp³-hybridized carbons (Fsp3) is 0.368. The number of nitrogens with zero attached hydrogens (tertiary/aromatic N) is 1. The molecule has 43 heavy (non-hydrogen) atoms. The van der Waals surface area contributed by atoms with Crippen molar-refractivity contribution < 1.29 is 9.90 Å². The van der Waals surface area contributed by atoms with Gasteiger partial charge in [-0.2, -0.15) is 0 Å². The van der Waals surface area contributed by atoms with Crippen molar-refractivity contribution in [3.05, 3.63) is 138 Å². The van der Waals surface area contributed by atoms with E-state index in [0.717, 1.165) is 44.3 Å². The zero-order valence-corrected chi connectivity index (χ0v) is 25.3. The molecule has 0 bridgehead atoms. The topological polar surface area (TPSA) is 74.2 Å². The molecular formula is C38H47N3O2. The molecule has 2 atom stereocenters. The summed E-state index contributed by atoms with van der Waals surface area (Å²) in [6, 6.07) is 35.0. The lowest BCUT2D eigenvalue weighted by molar-refractivity contribution is 0.0702. The second-order valence-electron chi connectivity index (χ2n) is 11.5. The van der Waals surface area contributed by atoms with Gasteiger partial charge in [-0.3, -0.25) is 9.78 Å². The van der Waals surface area contributed by atoms with E-state index in [9.17, 15) is 9.90 Å². The Balaban J connectivity index is 1.20. The highest BCUT2D eigenvalue weighted by molar-refractivity contribution is 5.93. The van der Waals surface area contributed by atoms with Crippen LogP contribution in [0.1, 0.15) is 84.5 Å². The monoisotopic (exact) mass is 577 g/mol. The van der Waals surface area contributed by atoms with Crippen LogP contribution in [-0.4, -0.2) is 35.6 Å². The van der Waals surface area contributed by atoms with Crippen LogP contribution in [0.5, 0.6) is 0 Å². The van der Waals surface area contributed by atoms with Crippen molar-refractivity contribution in [1.82, 2.24) is 15.6 Å². The first kappa shape index (κ1) is 32.1. The Kier molecular flexibility index (Phi) is 13.4. The Bertz CT molecular complexity index is 1300. The van der Waals surface area contributed by atoms with Crippen molar-refractivity contribution in [3.63, 3.8) is 0 Å². The average Bonchev–Trinajstić information content (AvgIpc) is 3.07. The molecule has 1 unspecified atom stereocenters. The van der Waals surface area contributed by atoms with E-state index >= 15 is 0 Å². The summed E-state index contributed by atoms with van der Waals surface area (Å²) in [6.45, 7) is 2.35. The van der Waals surface area contributed by atoms with E-state index in [1.54, 1.807) is 24.5 Å². The fourth-order valence-electron chi connectivity index (χ4n) is 5.97. The largest absolute Gasteiger partial charge is 0.387 e. The van der Waals surface area contributed by atoms with E-state index in [1.807, 2.05) is 18.2 Å². The number of hydrogen-bond donors (Lipinski definition) is 3. The van der Waals surface area contributed by atoms with Crippen LogP contribution in [0, 0.1) is 0 Å². The number of benzene rings is 3. The lowest BCUT2D eigenvalue weighted by Crippen LogP contribution is -2.36. The average molecular weight is 578 g/mol. The number of nitrogens with one attached hydrogen (secondary N) is 2. The van der Waals surface area contributed by atoms with E-state index in [0.29, 0.717) is 12.1 Å². The number of aliphatic hydroxyl groups is 1. The summed E-state index contributed by atoms with van der Waals surface area (Å²) in [5, 5.41) is 18.3. The van der Waals surface area contributed by atoms with Crippen molar-refractivity contribution >= 4 is 5.91 Å². The number of aliphatic hydroxyl groups excluding tert-OH is 1. The molecule has 5 nitrogen and oxygen atoms in total. The molecule has 4 aromatic rings. The Morgan fingerprint density at radius 1 is 0.698 bits per heavy atom. The zero-order valence-electron chi connectivity index (χ0n) is 25.3. The second kappa shape index (κ2) is 18.0. The molecule has 1 amide bonds. The summed E-state index contributed by atoms with van der Waals surface area (Å²) >= 11 is 0. The van der Waals surface area contributed by atoms with Gasteiger partial charge in [-0.25, -0.2) is 0 Å². The van der Waals surface area contributed by atoms with Gasteiger partial charge in [0, 0.05) is 30.9 Å². The first-order chi connectivity index (χ1) is 21.2. The van der Waals surface area contributed by atoms with Gasteiger partial charge in [0.25, 0.3) is 5.91 Å². The van der Waals surface area contributed by atoms with Crippen molar-refractivity contribution in [1.29, 1.82) is 0 Å². The lowest BCUT2D eigenvalue weighted by Gasteiger charge is -2.40. The predicted octanol–water partition coefficient (Wildman–Crippen LogP) is 7.44. The predicted molar refractivity (Wildman–Crippen MR) is 176 cm³/mol.